The topological polar surface area (TPSA) is 58.1 Å². The Bertz CT molecular complexity index is 1160. The number of nitrogens with zero attached hydrogens (tertiary/aromatic N) is 2. The van der Waals surface area contributed by atoms with Crippen molar-refractivity contribution in [2.45, 2.75) is 25.2 Å². The second-order valence-corrected chi connectivity index (χ2v) is 8.68. The van der Waals surface area contributed by atoms with Gasteiger partial charge in [0.1, 0.15) is 17.4 Å². The molecule has 4 rings (SSSR count). The number of halogens is 2. The Morgan fingerprint density at radius 2 is 1.76 bits per heavy atom. The summed E-state index contributed by atoms with van der Waals surface area (Å²) in [6, 6.07) is 20.9. The molecule has 1 aliphatic rings. The molecule has 1 heterocycles. The zero-order chi connectivity index (χ0) is 26.6. The zero-order valence-corrected chi connectivity index (χ0v) is 23.0. The Morgan fingerprint density at radius 1 is 1.03 bits per heavy atom. The summed E-state index contributed by atoms with van der Waals surface area (Å²) in [5.41, 5.74) is 8.70. The quantitative estimate of drug-likeness (QED) is 0.311. The van der Waals surface area contributed by atoms with Gasteiger partial charge in [0.25, 0.3) is 0 Å². The van der Waals surface area contributed by atoms with Crippen LogP contribution < -0.4 is 39.4 Å². The minimum atomic E-state index is -0.259. The van der Waals surface area contributed by atoms with E-state index in [1.165, 1.54) is 11.6 Å². The Morgan fingerprint density at radius 3 is 2.39 bits per heavy atom. The first kappa shape index (κ1) is 31.4. The SMILES string of the molecule is COc1cccc([CH-]C2=NNNN2CCc2ccccc2)c1OC.[CH2-]CC(C[CH2-])c1ccc(Cl)cc1F.[Li+]. The zero-order valence-electron chi connectivity index (χ0n) is 22.2. The minimum Gasteiger partial charge on any atom is -0.550 e. The van der Waals surface area contributed by atoms with Gasteiger partial charge in [0, 0.05) is 11.6 Å². The molecule has 0 radical (unpaired) electrons. The molecule has 0 fully saturated rings. The van der Waals surface area contributed by atoms with Crippen molar-refractivity contribution in [3.63, 3.8) is 0 Å². The molecular weight excluding hydrogens is 498 g/mol. The third-order valence-electron chi connectivity index (χ3n) is 5.92. The Labute approximate surface area is 242 Å². The molecule has 3 aromatic carbocycles. The van der Waals surface area contributed by atoms with Gasteiger partial charge in [0.2, 0.25) is 0 Å². The van der Waals surface area contributed by atoms with Crippen LogP contribution in [-0.4, -0.2) is 31.6 Å². The molecular formula is C29H33ClFLiN4O2-2. The van der Waals surface area contributed by atoms with Crippen molar-refractivity contribution >= 4 is 17.4 Å². The van der Waals surface area contributed by atoms with Gasteiger partial charge in [-0.2, -0.15) is 24.0 Å². The van der Waals surface area contributed by atoms with Gasteiger partial charge in [0.05, 0.1) is 20.0 Å². The standard InChI is InChI=1S/C18H21N4O2.C11H12ClF.Li/c1-23-16-10-6-9-15(18(16)24-2)13-17-19-20-21-22(17)12-11-14-7-4-3-5-8-14;1-3-8(4-2)10-6-5-9(12)7-11(10)13;/h3-10,13,20-21H,11-12H2,1-2H3;5-8H,1-4H2;/q-1;-2;+1. The first-order valence-electron chi connectivity index (χ1n) is 12.0. The van der Waals surface area contributed by atoms with Crippen LogP contribution in [0.2, 0.25) is 5.02 Å². The summed E-state index contributed by atoms with van der Waals surface area (Å²) in [7, 11) is 3.26. The van der Waals surface area contributed by atoms with Crippen LogP contribution in [0.1, 0.15) is 35.4 Å². The maximum absolute atomic E-state index is 13.3. The summed E-state index contributed by atoms with van der Waals surface area (Å²) in [6.07, 6.45) is 4.18. The number of hydrazone groups is 1. The van der Waals surface area contributed by atoms with E-state index in [4.69, 9.17) is 21.1 Å². The van der Waals surface area contributed by atoms with Crippen LogP contribution in [-0.2, 0) is 6.42 Å². The average molecular weight is 531 g/mol. The fraction of sp³-hybridized carbons (Fsp3) is 0.241. The number of hydrogen-bond donors (Lipinski definition) is 2. The van der Waals surface area contributed by atoms with Gasteiger partial charge in [-0.05, 0) is 35.7 Å². The first-order valence-corrected chi connectivity index (χ1v) is 12.4. The molecule has 0 unspecified atom stereocenters. The normalized spacial score (nSPS) is 12.1. The molecule has 3 aromatic rings. The molecule has 198 valence electrons. The van der Waals surface area contributed by atoms with Gasteiger partial charge in [-0.1, -0.05) is 53.9 Å². The summed E-state index contributed by atoms with van der Waals surface area (Å²) in [5.74, 6) is 2.01. The Kier molecular flexibility index (Phi) is 13.4. The van der Waals surface area contributed by atoms with Crippen molar-refractivity contribution in [2.75, 3.05) is 20.8 Å². The van der Waals surface area contributed by atoms with Gasteiger partial charge < -0.3 is 23.3 Å². The first-order chi connectivity index (χ1) is 18.0. The molecule has 38 heavy (non-hydrogen) atoms. The van der Waals surface area contributed by atoms with Gasteiger partial charge in [-0.3, -0.25) is 5.01 Å². The van der Waals surface area contributed by atoms with E-state index in [2.05, 4.69) is 42.2 Å². The molecule has 0 saturated heterocycles. The van der Waals surface area contributed by atoms with Crippen molar-refractivity contribution in [3.8, 4) is 11.5 Å². The van der Waals surface area contributed by atoms with Gasteiger partial charge >= 0.3 is 18.9 Å². The fourth-order valence-corrected chi connectivity index (χ4v) is 4.04. The molecule has 0 aliphatic carbocycles. The van der Waals surface area contributed by atoms with Crippen LogP contribution in [0, 0.1) is 26.1 Å². The number of benzene rings is 3. The summed E-state index contributed by atoms with van der Waals surface area (Å²) in [6.45, 7) is 8.30. The molecule has 0 bridgehead atoms. The summed E-state index contributed by atoms with van der Waals surface area (Å²) in [5, 5.41) is 6.67. The smallest absolute Gasteiger partial charge is 0.550 e. The van der Waals surface area contributed by atoms with Crippen molar-refractivity contribution < 1.29 is 32.7 Å². The van der Waals surface area contributed by atoms with E-state index >= 15 is 0 Å². The minimum absolute atomic E-state index is 0. The van der Waals surface area contributed by atoms with Gasteiger partial charge in [-0.15, -0.1) is 23.6 Å². The molecule has 0 spiro atoms. The number of rotatable bonds is 10. The second kappa shape index (κ2) is 16.2. The van der Waals surface area contributed by atoms with Crippen molar-refractivity contribution in [1.82, 2.24) is 16.1 Å². The monoisotopic (exact) mass is 530 g/mol. The fourth-order valence-electron chi connectivity index (χ4n) is 3.88. The van der Waals surface area contributed by atoms with Gasteiger partial charge in [-0.25, -0.2) is 9.93 Å². The number of nitrogens with one attached hydrogen (secondary N) is 2. The maximum Gasteiger partial charge on any atom is 1.00 e. The van der Waals surface area contributed by atoms with Crippen LogP contribution in [0.3, 0.4) is 0 Å². The molecule has 6 nitrogen and oxygen atoms in total. The predicted octanol–water partition coefficient (Wildman–Crippen LogP) is 3.15. The number of para-hydroxylation sites is 1. The molecule has 0 saturated carbocycles. The maximum atomic E-state index is 13.3. The second-order valence-electron chi connectivity index (χ2n) is 8.25. The van der Waals surface area contributed by atoms with Gasteiger partial charge in [0.15, 0.2) is 0 Å². The molecule has 0 atom stereocenters. The van der Waals surface area contributed by atoms with E-state index in [9.17, 15) is 4.39 Å². The third kappa shape index (κ3) is 8.61. The number of methoxy groups -OCH3 is 2. The van der Waals surface area contributed by atoms with E-state index in [0.29, 0.717) is 34.9 Å². The van der Waals surface area contributed by atoms with E-state index in [1.54, 1.807) is 26.4 Å². The van der Waals surface area contributed by atoms with Crippen LogP contribution in [0.5, 0.6) is 11.5 Å². The van der Waals surface area contributed by atoms with E-state index in [-0.39, 0.29) is 30.6 Å². The van der Waals surface area contributed by atoms with E-state index in [0.717, 1.165) is 24.4 Å². The summed E-state index contributed by atoms with van der Waals surface area (Å²) < 4.78 is 24.1. The molecule has 0 aromatic heterocycles. The van der Waals surface area contributed by atoms with Crippen molar-refractivity contribution in [2.24, 2.45) is 5.10 Å². The summed E-state index contributed by atoms with van der Waals surface area (Å²) in [4.78, 5) is 0. The largest absolute Gasteiger partial charge is 1.00 e. The van der Waals surface area contributed by atoms with Crippen LogP contribution in [0.4, 0.5) is 4.39 Å². The number of amidine groups is 1. The van der Waals surface area contributed by atoms with E-state index in [1.807, 2.05) is 47.8 Å². The molecule has 2 N–H and O–H groups in total. The predicted molar refractivity (Wildman–Crippen MR) is 148 cm³/mol. The van der Waals surface area contributed by atoms with Crippen molar-refractivity contribution in [1.29, 1.82) is 0 Å². The van der Waals surface area contributed by atoms with Crippen molar-refractivity contribution in [3.05, 3.63) is 115 Å². The van der Waals surface area contributed by atoms with Crippen LogP contribution >= 0.6 is 11.6 Å². The average Bonchev–Trinajstić information content (AvgIpc) is 3.37. The number of hydrazine groups is 2. The molecule has 0 amide bonds. The van der Waals surface area contributed by atoms with E-state index < -0.39 is 0 Å². The number of ether oxygens (including phenoxy) is 2. The molecule has 1 aliphatic heterocycles. The third-order valence-corrected chi connectivity index (χ3v) is 6.15. The number of hydrogen-bond acceptors (Lipinski definition) is 6. The van der Waals surface area contributed by atoms with Crippen LogP contribution in [0.25, 0.3) is 0 Å². The molecule has 9 heteroatoms. The Hall–Kier alpha value is -2.82. The summed E-state index contributed by atoms with van der Waals surface area (Å²) >= 11 is 5.64. The Balaban J connectivity index is 0.000000309. The van der Waals surface area contributed by atoms with Crippen LogP contribution in [0.15, 0.2) is 71.8 Å².